The first kappa shape index (κ1) is 24.2. The van der Waals surface area contributed by atoms with Gasteiger partial charge in [-0.1, -0.05) is 30.3 Å². The maximum atomic E-state index is 13.1. The number of carboxylic acids is 1. The van der Waals surface area contributed by atoms with Gasteiger partial charge in [0, 0.05) is 33.3 Å². The van der Waals surface area contributed by atoms with E-state index < -0.39 is 17.1 Å². The number of aromatic carboxylic acids is 1. The lowest BCUT2D eigenvalue weighted by molar-refractivity contribution is -0.115. The van der Waals surface area contributed by atoms with Crippen LogP contribution in [0.5, 0.6) is 11.5 Å². The number of carbonyl (C=O) groups is 3. The molecule has 0 spiro atoms. The number of hydrogen-bond acceptors (Lipinski definition) is 6. The van der Waals surface area contributed by atoms with Gasteiger partial charge in [0.1, 0.15) is 0 Å². The third kappa shape index (κ3) is 5.22. The van der Waals surface area contributed by atoms with Gasteiger partial charge in [-0.2, -0.15) is 0 Å². The average Bonchev–Trinajstić information content (AvgIpc) is 3.36. The molecule has 1 aliphatic heterocycles. The summed E-state index contributed by atoms with van der Waals surface area (Å²) in [6, 6.07) is 22.4. The quantitative estimate of drug-likeness (QED) is 0.274. The van der Waals surface area contributed by atoms with Crippen molar-refractivity contribution in [3.63, 3.8) is 0 Å². The van der Waals surface area contributed by atoms with E-state index in [1.165, 1.54) is 17.8 Å². The van der Waals surface area contributed by atoms with E-state index in [9.17, 15) is 19.5 Å². The molecular weight excluding hydrogens is 492 g/mol. The molecule has 0 bridgehead atoms. The van der Waals surface area contributed by atoms with Crippen molar-refractivity contribution in [2.45, 2.75) is 17.1 Å². The van der Waals surface area contributed by atoms with Crippen LogP contribution in [0.25, 0.3) is 10.8 Å². The molecule has 4 aromatic rings. The molecule has 186 valence electrons. The summed E-state index contributed by atoms with van der Waals surface area (Å²) in [7, 11) is 0. The summed E-state index contributed by atoms with van der Waals surface area (Å²) in [6.45, 7) is 1.95. The maximum Gasteiger partial charge on any atom is 0.336 e. The lowest BCUT2D eigenvalue weighted by atomic mass is 9.98. The Morgan fingerprint density at radius 1 is 0.838 bits per heavy atom. The first-order chi connectivity index (χ1) is 17.9. The van der Waals surface area contributed by atoms with Crippen LogP contribution in [0.2, 0.25) is 0 Å². The third-order valence-electron chi connectivity index (χ3n) is 5.79. The number of benzene rings is 4. The predicted octanol–water partition coefficient (Wildman–Crippen LogP) is 5.64. The minimum Gasteiger partial charge on any atom is -0.478 e. The lowest BCUT2D eigenvalue weighted by Gasteiger charge is -2.14. The zero-order valence-corrected chi connectivity index (χ0v) is 20.5. The number of thioether (sulfide) groups is 1. The van der Waals surface area contributed by atoms with Crippen LogP contribution >= 0.6 is 11.8 Å². The number of carbonyl (C=O) groups excluding carboxylic acids is 2. The van der Waals surface area contributed by atoms with Crippen LogP contribution in [0.15, 0.2) is 83.8 Å². The van der Waals surface area contributed by atoms with E-state index in [-0.39, 0.29) is 23.8 Å². The van der Waals surface area contributed by atoms with E-state index in [1.807, 2.05) is 6.07 Å². The second kappa shape index (κ2) is 10.2. The molecule has 4 aromatic carbocycles. The van der Waals surface area contributed by atoms with Gasteiger partial charge in [-0.15, -0.1) is 11.8 Å². The zero-order valence-electron chi connectivity index (χ0n) is 19.7. The molecule has 3 N–H and O–H groups in total. The molecule has 5 rings (SSSR count). The monoisotopic (exact) mass is 514 g/mol. The van der Waals surface area contributed by atoms with E-state index in [2.05, 4.69) is 10.6 Å². The van der Waals surface area contributed by atoms with E-state index in [4.69, 9.17) is 9.47 Å². The van der Waals surface area contributed by atoms with E-state index >= 15 is 0 Å². The molecule has 9 heteroatoms. The SMILES string of the molecule is CC(Sc1cccc(NC(=O)c2cccc3cccc(C(=O)O)c23)c1)C(=O)Nc1ccc2c(c1)OCO2. The summed E-state index contributed by atoms with van der Waals surface area (Å²) in [5.74, 6) is -0.479. The van der Waals surface area contributed by atoms with Crippen LogP contribution in [0.4, 0.5) is 11.4 Å². The summed E-state index contributed by atoms with van der Waals surface area (Å²) >= 11 is 1.35. The molecule has 0 saturated heterocycles. The molecule has 1 unspecified atom stereocenters. The molecule has 1 aliphatic rings. The van der Waals surface area contributed by atoms with Crippen LogP contribution in [-0.4, -0.2) is 34.9 Å². The fourth-order valence-corrected chi connectivity index (χ4v) is 4.96. The second-order valence-corrected chi connectivity index (χ2v) is 9.73. The Morgan fingerprint density at radius 2 is 1.54 bits per heavy atom. The molecule has 0 radical (unpaired) electrons. The van der Waals surface area contributed by atoms with Crippen LogP contribution in [0, 0.1) is 0 Å². The van der Waals surface area contributed by atoms with Crippen LogP contribution < -0.4 is 20.1 Å². The minimum atomic E-state index is -1.10. The zero-order chi connectivity index (χ0) is 25.9. The molecule has 0 aromatic heterocycles. The van der Waals surface area contributed by atoms with Crippen molar-refractivity contribution >= 4 is 51.7 Å². The first-order valence-corrected chi connectivity index (χ1v) is 12.3. The predicted molar refractivity (Wildman–Crippen MR) is 142 cm³/mol. The largest absolute Gasteiger partial charge is 0.478 e. The van der Waals surface area contributed by atoms with Gasteiger partial charge in [0.15, 0.2) is 11.5 Å². The molecule has 1 heterocycles. The smallest absolute Gasteiger partial charge is 0.336 e. The topological polar surface area (TPSA) is 114 Å². The Labute approximate surface area is 216 Å². The van der Waals surface area contributed by atoms with E-state index in [1.54, 1.807) is 73.7 Å². The Morgan fingerprint density at radius 3 is 2.32 bits per heavy atom. The summed E-state index contributed by atoms with van der Waals surface area (Å²) in [4.78, 5) is 38.4. The fourth-order valence-electron chi connectivity index (χ4n) is 4.03. The number of ether oxygens (including phenoxy) is 2. The Hall–Kier alpha value is -4.50. The number of amides is 2. The summed E-state index contributed by atoms with van der Waals surface area (Å²) < 4.78 is 10.6. The molecule has 2 amide bonds. The Balaban J connectivity index is 1.28. The van der Waals surface area contributed by atoms with Gasteiger partial charge in [-0.3, -0.25) is 9.59 Å². The normalized spacial score (nSPS) is 12.7. The molecule has 37 heavy (non-hydrogen) atoms. The highest BCUT2D eigenvalue weighted by atomic mass is 32.2. The highest BCUT2D eigenvalue weighted by Gasteiger charge is 2.19. The van der Waals surface area contributed by atoms with Crippen LogP contribution in [0.1, 0.15) is 27.6 Å². The number of carboxylic acid groups (broad SMARTS) is 1. The summed E-state index contributed by atoms with van der Waals surface area (Å²) in [5.41, 5.74) is 1.47. The average molecular weight is 515 g/mol. The lowest BCUT2D eigenvalue weighted by Crippen LogP contribution is -2.22. The molecule has 0 fully saturated rings. The van der Waals surface area contributed by atoms with E-state index in [0.717, 1.165) is 4.90 Å². The van der Waals surface area contributed by atoms with Crippen molar-refractivity contribution in [3.8, 4) is 11.5 Å². The van der Waals surface area contributed by atoms with Crippen molar-refractivity contribution in [2.24, 2.45) is 0 Å². The van der Waals surface area contributed by atoms with Crippen molar-refractivity contribution in [1.82, 2.24) is 0 Å². The van der Waals surface area contributed by atoms with Gasteiger partial charge >= 0.3 is 5.97 Å². The standard InChI is InChI=1S/C28H22N2O6S/c1-16(26(31)29-19-11-12-23-24(14-19)36-15-35-23)37-20-8-4-7-18(13-20)30-27(32)21-9-2-5-17-6-3-10-22(25(17)21)28(33)34/h2-14,16H,15H2,1H3,(H,29,31)(H,30,32)(H,33,34). The number of hydrogen-bond donors (Lipinski definition) is 3. The number of nitrogens with one attached hydrogen (secondary N) is 2. The van der Waals surface area contributed by atoms with E-state index in [0.29, 0.717) is 33.6 Å². The first-order valence-electron chi connectivity index (χ1n) is 11.4. The highest BCUT2D eigenvalue weighted by molar-refractivity contribution is 8.00. The Bertz CT molecular complexity index is 1530. The van der Waals surface area contributed by atoms with Crippen molar-refractivity contribution in [1.29, 1.82) is 0 Å². The van der Waals surface area contributed by atoms with Crippen molar-refractivity contribution < 1.29 is 29.0 Å². The number of rotatable bonds is 7. The van der Waals surface area contributed by atoms with Gasteiger partial charge in [-0.05, 0) is 54.8 Å². The Kier molecular flexibility index (Phi) is 6.70. The fraction of sp³-hybridized carbons (Fsp3) is 0.107. The van der Waals surface area contributed by atoms with Gasteiger partial charge < -0.3 is 25.2 Å². The summed E-state index contributed by atoms with van der Waals surface area (Å²) in [6.07, 6.45) is 0. The van der Waals surface area contributed by atoms with Gasteiger partial charge in [-0.25, -0.2) is 4.79 Å². The number of anilines is 2. The molecule has 1 atom stereocenters. The van der Waals surface area contributed by atoms with Crippen LogP contribution in [0.3, 0.4) is 0 Å². The van der Waals surface area contributed by atoms with Gasteiger partial charge in [0.05, 0.1) is 10.8 Å². The third-order valence-corrected chi connectivity index (χ3v) is 6.89. The number of fused-ring (bicyclic) bond motifs is 2. The van der Waals surface area contributed by atoms with Gasteiger partial charge in [0.25, 0.3) is 5.91 Å². The van der Waals surface area contributed by atoms with Gasteiger partial charge in [0.2, 0.25) is 12.7 Å². The molecular formula is C28H22N2O6S. The summed E-state index contributed by atoms with van der Waals surface area (Å²) in [5, 5.41) is 16.0. The highest BCUT2D eigenvalue weighted by Crippen LogP contribution is 2.35. The maximum absolute atomic E-state index is 13.1. The van der Waals surface area contributed by atoms with Crippen LogP contribution in [-0.2, 0) is 4.79 Å². The minimum absolute atomic E-state index is 0.0647. The van der Waals surface area contributed by atoms with Crippen molar-refractivity contribution in [2.75, 3.05) is 17.4 Å². The molecule has 0 aliphatic carbocycles. The van der Waals surface area contributed by atoms with Crippen molar-refractivity contribution in [3.05, 3.63) is 90.0 Å². The second-order valence-electron chi connectivity index (χ2n) is 8.31. The molecule has 0 saturated carbocycles. The molecule has 8 nitrogen and oxygen atoms in total.